The second-order valence-electron chi connectivity index (χ2n) is 5.63. The van der Waals surface area contributed by atoms with Gasteiger partial charge in [-0.15, -0.1) is 0 Å². The number of fused-ring (bicyclic) bond motifs is 1. The number of carbonyl (C=O) groups is 1. The Morgan fingerprint density at radius 1 is 1.24 bits per heavy atom. The molecule has 5 heteroatoms. The monoisotopic (exact) mass is 285 g/mol. The molecule has 3 rings (SSSR count). The van der Waals surface area contributed by atoms with Gasteiger partial charge in [-0.25, -0.2) is 4.98 Å². The molecule has 0 saturated heterocycles. The summed E-state index contributed by atoms with van der Waals surface area (Å²) < 4.78 is 0. The van der Waals surface area contributed by atoms with Crippen molar-refractivity contribution in [3.8, 4) is 5.75 Å². The van der Waals surface area contributed by atoms with E-state index >= 15 is 0 Å². The molecule has 1 aromatic carbocycles. The predicted molar refractivity (Wildman–Crippen MR) is 81.1 cm³/mol. The van der Waals surface area contributed by atoms with Crippen LogP contribution in [0.3, 0.4) is 0 Å². The standard InChI is InChI=1S/C16H19N3O2/c17-10-5-7-11(8-6-10)18-16(21)14-9-15(20)12-3-1-2-4-13(12)19-14/h1-4,9-11H,5-8,17H2,(H,18,21)(H,19,20). The minimum Gasteiger partial charge on any atom is -0.507 e. The molecular weight excluding hydrogens is 266 g/mol. The van der Waals surface area contributed by atoms with Crippen LogP contribution in [0.15, 0.2) is 30.3 Å². The van der Waals surface area contributed by atoms with Crippen molar-refractivity contribution in [3.63, 3.8) is 0 Å². The van der Waals surface area contributed by atoms with Crippen molar-refractivity contribution in [2.75, 3.05) is 0 Å². The van der Waals surface area contributed by atoms with Crippen molar-refractivity contribution in [1.29, 1.82) is 0 Å². The Labute approximate surface area is 123 Å². The molecule has 0 bridgehead atoms. The number of nitrogens with two attached hydrogens (primary N) is 1. The molecule has 1 amide bonds. The molecule has 1 fully saturated rings. The Hall–Kier alpha value is -2.14. The molecule has 1 aromatic heterocycles. The number of aromatic hydroxyl groups is 1. The fourth-order valence-electron chi connectivity index (χ4n) is 2.80. The Morgan fingerprint density at radius 3 is 2.71 bits per heavy atom. The van der Waals surface area contributed by atoms with Gasteiger partial charge in [-0.3, -0.25) is 4.79 Å². The first-order valence-corrected chi connectivity index (χ1v) is 7.28. The Kier molecular flexibility index (Phi) is 3.75. The first kappa shape index (κ1) is 13.8. The summed E-state index contributed by atoms with van der Waals surface area (Å²) in [5.74, 6) is -0.159. The number of rotatable bonds is 2. The van der Waals surface area contributed by atoms with Crippen LogP contribution in [0.25, 0.3) is 10.9 Å². The van der Waals surface area contributed by atoms with Gasteiger partial charge in [0.25, 0.3) is 5.91 Å². The van der Waals surface area contributed by atoms with E-state index < -0.39 is 0 Å². The molecule has 1 aliphatic rings. The van der Waals surface area contributed by atoms with E-state index in [1.165, 1.54) is 6.07 Å². The van der Waals surface area contributed by atoms with Gasteiger partial charge in [0.1, 0.15) is 11.4 Å². The van der Waals surface area contributed by atoms with Gasteiger partial charge >= 0.3 is 0 Å². The number of hydrogen-bond acceptors (Lipinski definition) is 4. The van der Waals surface area contributed by atoms with E-state index in [1.54, 1.807) is 12.1 Å². The lowest BCUT2D eigenvalue weighted by molar-refractivity contribution is 0.0921. The van der Waals surface area contributed by atoms with Crippen LogP contribution in [0.5, 0.6) is 5.75 Å². The number of nitrogens with zero attached hydrogens (tertiary/aromatic N) is 1. The van der Waals surface area contributed by atoms with Crippen molar-refractivity contribution >= 4 is 16.8 Å². The molecule has 4 N–H and O–H groups in total. The van der Waals surface area contributed by atoms with Crippen LogP contribution in [0.4, 0.5) is 0 Å². The minimum atomic E-state index is -0.239. The average Bonchev–Trinajstić information content (AvgIpc) is 2.49. The second-order valence-corrected chi connectivity index (χ2v) is 5.63. The first-order valence-electron chi connectivity index (χ1n) is 7.28. The zero-order chi connectivity index (χ0) is 14.8. The number of para-hydroxylation sites is 1. The maximum atomic E-state index is 12.3. The lowest BCUT2D eigenvalue weighted by Crippen LogP contribution is -2.40. The fourth-order valence-corrected chi connectivity index (χ4v) is 2.80. The summed E-state index contributed by atoms with van der Waals surface area (Å²) in [5.41, 5.74) is 6.73. The summed E-state index contributed by atoms with van der Waals surface area (Å²) in [6, 6.07) is 9.04. The third kappa shape index (κ3) is 2.97. The third-order valence-corrected chi connectivity index (χ3v) is 4.03. The number of carbonyl (C=O) groups excluding carboxylic acids is 1. The highest BCUT2D eigenvalue weighted by molar-refractivity contribution is 5.97. The highest BCUT2D eigenvalue weighted by Gasteiger charge is 2.21. The van der Waals surface area contributed by atoms with Gasteiger partial charge in [0.05, 0.1) is 5.52 Å². The smallest absolute Gasteiger partial charge is 0.270 e. The number of nitrogens with one attached hydrogen (secondary N) is 1. The average molecular weight is 285 g/mol. The maximum absolute atomic E-state index is 12.3. The molecule has 0 aliphatic heterocycles. The van der Waals surface area contributed by atoms with Crippen LogP contribution in [0.1, 0.15) is 36.2 Å². The number of benzene rings is 1. The number of amides is 1. The van der Waals surface area contributed by atoms with Crippen LogP contribution in [-0.4, -0.2) is 28.1 Å². The van der Waals surface area contributed by atoms with E-state index in [1.807, 2.05) is 12.1 Å². The Morgan fingerprint density at radius 2 is 1.95 bits per heavy atom. The van der Waals surface area contributed by atoms with Gasteiger partial charge in [-0.1, -0.05) is 12.1 Å². The summed E-state index contributed by atoms with van der Waals surface area (Å²) in [6.07, 6.45) is 3.65. The van der Waals surface area contributed by atoms with E-state index in [-0.39, 0.29) is 29.4 Å². The molecule has 1 heterocycles. The van der Waals surface area contributed by atoms with E-state index in [0.717, 1.165) is 25.7 Å². The zero-order valence-electron chi connectivity index (χ0n) is 11.7. The van der Waals surface area contributed by atoms with E-state index in [2.05, 4.69) is 10.3 Å². The van der Waals surface area contributed by atoms with Gasteiger partial charge in [0, 0.05) is 23.5 Å². The number of aromatic nitrogens is 1. The Balaban J connectivity index is 1.78. The zero-order valence-corrected chi connectivity index (χ0v) is 11.7. The van der Waals surface area contributed by atoms with E-state index in [0.29, 0.717) is 10.9 Å². The number of hydrogen-bond donors (Lipinski definition) is 3. The molecule has 2 aromatic rings. The maximum Gasteiger partial charge on any atom is 0.270 e. The van der Waals surface area contributed by atoms with Crippen molar-refractivity contribution in [2.45, 2.75) is 37.8 Å². The second kappa shape index (κ2) is 5.69. The molecule has 0 atom stereocenters. The summed E-state index contributed by atoms with van der Waals surface area (Å²) in [6.45, 7) is 0. The summed E-state index contributed by atoms with van der Waals surface area (Å²) >= 11 is 0. The molecule has 21 heavy (non-hydrogen) atoms. The highest BCUT2D eigenvalue weighted by Crippen LogP contribution is 2.24. The Bertz CT molecular complexity index is 664. The van der Waals surface area contributed by atoms with Gasteiger partial charge in [-0.2, -0.15) is 0 Å². The largest absolute Gasteiger partial charge is 0.507 e. The topological polar surface area (TPSA) is 88.2 Å². The van der Waals surface area contributed by atoms with Gasteiger partial charge in [-0.05, 0) is 37.8 Å². The van der Waals surface area contributed by atoms with E-state index in [4.69, 9.17) is 5.73 Å². The van der Waals surface area contributed by atoms with Crippen molar-refractivity contribution in [3.05, 3.63) is 36.0 Å². The summed E-state index contributed by atoms with van der Waals surface area (Å²) in [5, 5.41) is 13.6. The molecule has 1 saturated carbocycles. The molecule has 0 radical (unpaired) electrons. The molecular formula is C16H19N3O2. The fraction of sp³-hybridized carbons (Fsp3) is 0.375. The van der Waals surface area contributed by atoms with Crippen LogP contribution >= 0.6 is 0 Å². The van der Waals surface area contributed by atoms with Crippen LogP contribution in [0, 0.1) is 0 Å². The molecule has 110 valence electrons. The predicted octanol–water partition coefficient (Wildman–Crippen LogP) is 1.94. The van der Waals surface area contributed by atoms with Gasteiger partial charge in [0.2, 0.25) is 0 Å². The summed E-state index contributed by atoms with van der Waals surface area (Å²) in [4.78, 5) is 16.6. The molecule has 0 spiro atoms. The molecule has 0 unspecified atom stereocenters. The molecule has 1 aliphatic carbocycles. The lowest BCUT2D eigenvalue weighted by atomic mass is 9.92. The van der Waals surface area contributed by atoms with Crippen molar-refractivity contribution in [1.82, 2.24) is 10.3 Å². The van der Waals surface area contributed by atoms with Crippen molar-refractivity contribution in [2.24, 2.45) is 5.73 Å². The first-order chi connectivity index (χ1) is 10.1. The van der Waals surface area contributed by atoms with Crippen LogP contribution < -0.4 is 11.1 Å². The number of pyridine rings is 1. The van der Waals surface area contributed by atoms with Crippen molar-refractivity contribution < 1.29 is 9.90 Å². The highest BCUT2D eigenvalue weighted by atomic mass is 16.3. The van der Waals surface area contributed by atoms with Crippen LogP contribution in [-0.2, 0) is 0 Å². The van der Waals surface area contributed by atoms with Crippen LogP contribution in [0.2, 0.25) is 0 Å². The third-order valence-electron chi connectivity index (χ3n) is 4.03. The normalized spacial score (nSPS) is 22.1. The lowest BCUT2D eigenvalue weighted by Gasteiger charge is -2.26. The quantitative estimate of drug-likeness (QED) is 0.786. The van der Waals surface area contributed by atoms with E-state index in [9.17, 15) is 9.90 Å². The summed E-state index contributed by atoms with van der Waals surface area (Å²) in [7, 11) is 0. The van der Waals surface area contributed by atoms with Gasteiger partial charge in [0.15, 0.2) is 0 Å². The SMILES string of the molecule is NC1CCC(NC(=O)c2cc(O)c3ccccc3n2)CC1. The van der Waals surface area contributed by atoms with Gasteiger partial charge < -0.3 is 16.2 Å². The molecule has 5 nitrogen and oxygen atoms in total. The minimum absolute atomic E-state index is 0.0800.